The zero-order valence-electron chi connectivity index (χ0n) is 10.9. The van der Waals surface area contributed by atoms with Gasteiger partial charge < -0.3 is 11.1 Å². The van der Waals surface area contributed by atoms with Gasteiger partial charge in [-0.3, -0.25) is 4.79 Å². The fraction of sp³-hybridized carbons (Fsp3) is 0.308. The maximum absolute atomic E-state index is 11.9. The highest BCUT2D eigenvalue weighted by Crippen LogP contribution is 2.15. The number of rotatable bonds is 6. The monoisotopic (exact) mass is 337 g/mol. The Labute approximate surface area is 125 Å². The Morgan fingerprint density at radius 2 is 2.30 bits per heavy atom. The second kappa shape index (κ2) is 7.16. The van der Waals surface area contributed by atoms with E-state index in [9.17, 15) is 4.79 Å². The third kappa shape index (κ3) is 4.43. The molecule has 0 saturated heterocycles. The van der Waals surface area contributed by atoms with Crippen LogP contribution in [0.2, 0.25) is 0 Å². The molecule has 0 radical (unpaired) electrons. The van der Waals surface area contributed by atoms with Gasteiger partial charge in [0.15, 0.2) is 0 Å². The van der Waals surface area contributed by atoms with Gasteiger partial charge in [-0.2, -0.15) is 0 Å². The van der Waals surface area contributed by atoms with Crippen LogP contribution < -0.4 is 11.1 Å². The quantitative estimate of drug-likeness (QED) is 0.837. The number of aromatic nitrogens is 3. The Hall–Kier alpha value is -1.73. The Morgan fingerprint density at radius 1 is 1.45 bits per heavy atom. The number of carbonyl (C=O) groups is 1. The predicted molar refractivity (Wildman–Crippen MR) is 80.2 cm³/mol. The number of hydrogen-bond acceptors (Lipinski definition) is 4. The lowest BCUT2D eigenvalue weighted by molar-refractivity contribution is -0.116. The number of hydrogen-bond donors (Lipinski definition) is 2. The van der Waals surface area contributed by atoms with Crippen LogP contribution in [0.4, 0.5) is 5.69 Å². The lowest BCUT2D eigenvalue weighted by atomic mass is 10.2. The van der Waals surface area contributed by atoms with Crippen LogP contribution in [0.25, 0.3) is 0 Å². The van der Waals surface area contributed by atoms with E-state index < -0.39 is 0 Å². The molecule has 0 unspecified atom stereocenters. The molecule has 1 amide bonds. The third-order valence-electron chi connectivity index (χ3n) is 2.64. The molecule has 0 aliphatic heterocycles. The normalized spacial score (nSPS) is 10.5. The summed E-state index contributed by atoms with van der Waals surface area (Å²) in [5.74, 6) is -0.140. The van der Waals surface area contributed by atoms with Crippen LogP contribution in [0, 0.1) is 0 Å². The van der Waals surface area contributed by atoms with E-state index in [2.05, 4.69) is 31.6 Å². The molecule has 6 nitrogen and oxygen atoms in total. The molecule has 2 rings (SSSR count). The number of aryl methyl sites for hydroxylation is 1. The van der Waals surface area contributed by atoms with Crippen molar-refractivity contribution in [1.82, 2.24) is 15.0 Å². The van der Waals surface area contributed by atoms with Gasteiger partial charge in [-0.1, -0.05) is 27.2 Å². The van der Waals surface area contributed by atoms with Crippen molar-refractivity contribution in [2.24, 2.45) is 5.73 Å². The number of nitrogens with two attached hydrogens (primary N) is 1. The molecular weight excluding hydrogens is 322 g/mol. The van der Waals surface area contributed by atoms with Crippen molar-refractivity contribution in [3.8, 4) is 0 Å². The summed E-state index contributed by atoms with van der Waals surface area (Å²) in [6.07, 6.45) is 3.42. The van der Waals surface area contributed by atoms with Crippen LogP contribution in [0.3, 0.4) is 0 Å². The van der Waals surface area contributed by atoms with E-state index in [-0.39, 0.29) is 12.5 Å². The van der Waals surface area contributed by atoms with Crippen molar-refractivity contribution < 1.29 is 4.79 Å². The van der Waals surface area contributed by atoms with Gasteiger partial charge in [0.25, 0.3) is 0 Å². The average molecular weight is 338 g/mol. The molecule has 7 heteroatoms. The molecule has 0 bridgehead atoms. The molecule has 1 aromatic heterocycles. The lowest BCUT2D eigenvalue weighted by Crippen LogP contribution is -2.19. The second-order valence-corrected chi connectivity index (χ2v) is 5.27. The maximum Gasteiger partial charge on any atom is 0.246 e. The fourth-order valence-corrected chi connectivity index (χ4v) is 2.13. The first-order valence-electron chi connectivity index (χ1n) is 6.32. The highest BCUT2D eigenvalue weighted by Gasteiger charge is 2.06. The summed E-state index contributed by atoms with van der Waals surface area (Å²) >= 11 is 3.36. The standard InChI is InChI=1S/C13H16BrN5O/c14-10-3-1-4-11(7-10)16-13(20)9-19-8-12(17-18-19)5-2-6-15/h1,3-4,7-8H,2,5-6,9,15H2,(H,16,20). The van der Waals surface area contributed by atoms with Crippen LogP contribution in [0.15, 0.2) is 34.9 Å². The number of nitrogens with zero attached hydrogens (tertiary/aromatic N) is 3. The molecule has 2 aromatic rings. The first kappa shape index (κ1) is 14.7. The van der Waals surface area contributed by atoms with E-state index in [1.54, 1.807) is 6.20 Å². The van der Waals surface area contributed by atoms with Crippen molar-refractivity contribution in [1.29, 1.82) is 0 Å². The number of halogens is 1. The Kier molecular flexibility index (Phi) is 5.25. The van der Waals surface area contributed by atoms with E-state index in [1.165, 1.54) is 4.68 Å². The summed E-state index contributed by atoms with van der Waals surface area (Å²) in [6, 6.07) is 7.43. The fourth-order valence-electron chi connectivity index (χ4n) is 1.73. The van der Waals surface area contributed by atoms with E-state index in [1.807, 2.05) is 24.3 Å². The van der Waals surface area contributed by atoms with Crippen molar-refractivity contribution in [3.63, 3.8) is 0 Å². The number of amides is 1. The highest BCUT2D eigenvalue weighted by atomic mass is 79.9. The molecule has 20 heavy (non-hydrogen) atoms. The van der Waals surface area contributed by atoms with Crippen molar-refractivity contribution in [2.45, 2.75) is 19.4 Å². The number of carbonyl (C=O) groups excluding carboxylic acids is 1. The summed E-state index contributed by atoms with van der Waals surface area (Å²) in [7, 11) is 0. The maximum atomic E-state index is 11.9. The van der Waals surface area contributed by atoms with Crippen LogP contribution in [-0.4, -0.2) is 27.4 Å². The Morgan fingerprint density at radius 3 is 3.05 bits per heavy atom. The minimum Gasteiger partial charge on any atom is -0.330 e. The first-order valence-corrected chi connectivity index (χ1v) is 7.11. The van der Waals surface area contributed by atoms with Gasteiger partial charge in [-0.15, -0.1) is 5.10 Å². The summed E-state index contributed by atoms with van der Waals surface area (Å²) in [4.78, 5) is 11.9. The van der Waals surface area contributed by atoms with Crippen LogP contribution >= 0.6 is 15.9 Å². The summed E-state index contributed by atoms with van der Waals surface area (Å²) in [6.45, 7) is 0.762. The van der Waals surface area contributed by atoms with Crippen molar-refractivity contribution in [3.05, 3.63) is 40.6 Å². The van der Waals surface area contributed by atoms with Crippen LogP contribution in [0.1, 0.15) is 12.1 Å². The van der Waals surface area contributed by atoms with Crippen LogP contribution in [0.5, 0.6) is 0 Å². The minimum atomic E-state index is -0.140. The zero-order valence-corrected chi connectivity index (χ0v) is 12.5. The van der Waals surface area contributed by atoms with Crippen LogP contribution in [-0.2, 0) is 17.8 Å². The summed E-state index contributed by atoms with van der Waals surface area (Å²) in [5.41, 5.74) is 7.03. The van der Waals surface area contributed by atoms with Crippen molar-refractivity contribution in [2.75, 3.05) is 11.9 Å². The van der Waals surface area contributed by atoms with E-state index in [4.69, 9.17) is 5.73 Å². The smallest absolute Gasteiger partial charge is 0.246 e. The summed E-state index contributed by atoms with van der Waals surface area (Å²) in [5, 5.41) is 10.7. The number of benzene rings is 1. The highest BCUT2D eigenvalue weighted by molar-refractivity contribution is 9.10. The van der Waals surface area contributed by atoms with E-state index in [0.29, 0.717) is 6.54 Å². The molecule has 1 aromatic carbocycles. The molecule has 106 valence electrons. The molecule has 0 saturated carbocycles. The SMILES string of the molecule is NCCCc1cn(CC(=O)Nc2cccc(Br)c2)nn1. The minimum absolute atomic E-state index is 0.140. The van der Waals surface area contributed by atoms with Gasteiger partial charge in [0.1, 0.15) is 6.54 Å². The largest absolute Gasteiger partial charge is 0.330 e. The van der Waals surface area contributed by atoms with Gasteiger partial charge in [0, 0.05) is 16.4 Å². The Bertz CT molecular complexity index is 584. The molecule has 0 aliphatic rings. The van der Waals surface area contributed by atoms with Gasteiger partial charge in [-0.05, 0) is 37.6 Å². The first-order chi connectivity index (χ1) is 9.67. The molecule has 0 aliphatic carbocycles. The number of nitrogens with one attached hydrogen (secondary N) is 1. The van der Waals surface area contributed by atoms with Gasteiger partial charge in [-0.25, -0.2) is 4.68 Å². The Balaban J connectivity index is 1.89. The third-order valence-corrected chi connectivity index (χ3v) is 3.13. The van der Waals surface area contributed by atoms with Gasteiger partial charge >= 0.3 is 0 Å². The van der Waals surface area contributed by atoms with Gasteiger partial charge in [0.2, 0.25) is 5.91 Å². The lowest BCUT2D eigenvalue weighted by Gasteiger charge is -2.05. The molecule has 1 heterocycles. The second-order valence-electron chi connectivity index (χ2n) is 4.36. The van der Waals surface area contributed by atoms with E-state index >= 15 is 0 Å². The topological polar surface area (TPSA) is 85.8 Å². The molecule has 0 atom stereocenters. The average Bonchev–Trinajstić information content (AvgIpc) is 2.83. The van der Waals surface area contributed by atoms with Gasteiger partial charge in [0.05, 0.1) is 5.69 Å². The summed E-state index contributed by atoms with van der Waals surface area (Å²) < 4.78 is 2.44. The molecule has 0 spiro atoms. The molecular formula is C13H16BrN5O. The molecule has 0 fully saturated rings. The molecule has 3 N–H and O–H groups in total. The van der Waals surface area contributed by atoms with E-state index in [0.717, 1.165) is 28.7 Å². The number of anilines is 1. The van der Waals surface area contributed by atoms with Crippen molar-refractivity contribution >= 4 is 27.5 Å². The predicted octanol–water partition coefficient (Wildman–Crippen LogP) is 1.57. The zero-order chi connectivity index (χ0) is 14.4.